The van der Waals surface area contributed by atoms with Crippen LogP contribution in [0.3, 0.4) is 0 Å². The van der Waals surface area contributed by atoms with Crippen LogP contribution in [0.25, 0.3) is 0 Å². The van der Waals surface area contributed by atoms with Crippen molar-refractivity contribution in [1.29, 1.82) is 0 Å². The van der Waals surface area contributed by atoms with Gasteiger partial charge in [-0.1, -0.05) is 12.2 Å². The van der Waals surface area contributed by atoms with Crippen molar-refractivity contribution in [2.24, 2.45) is 5.92 Å². The number of hydrogen-bond acceptors (Lipinski definition) is 1. The Balaban J connectivity index is 2.40. The van der Waals surface area contributed by atoms with Crippen molar-refractivity contribution in [2.45, 2.75) is 32.1 Å². The SMILES string of the molecule is C=C(CCCl)C1CCCC(=O)C1. The highest BCUT2D eigenvalue weighted by molar-refractivity contribution is 6.18. The zero-order chi connectivity index (χ0) is 8.97. The van der Waals surface area contributed by atoms with Crippen molar-refractivity contribution in [1.82, 2.24) is 0 Å². The average molecular weight is 187 g/mol. The molecule has 1 unspecified atom stereocenters. The molecule has 0 spiro atoms. The van der Waals surface area contributed by atoms with Crippen LogP contribution in [0, 0.1) is 5.92 Å². The third kappa shape index (κ3) is 2.63. The van der Waals surface area contributed by atoms with Crippen LogP contribution >= 0.6 is 11.6 Å². The summed E-state index contributed by atoms with van der Waals surface area (Å²) in [5.41, 5.74) is 1.16. The van der Waals surface area contributed by atoms with Gasteiger partial charge in [-0.15, -0.1) is 11.6 Å². The first-order valence-corrected chi connectivity index (χ1v) is 5.03. The Bertz CT molecular complexity index is 186. The number of halogens is 1. The summed E-state index contributed by atoms with van der Waals surface area (Å²) in [4.78, 5) is 11.1. The van der Waals surface area contributed by atoms with Gasteiger partial charge < -0.3 is 0 Å². The van der Waals surface area contributed by atoms with Crippen LogP contribution in [0.2, 0.25) is 0 Å². The van der Waals surface area contributed by atoms with Gasteiger partial charge in [-0.3, -0.25) is 4.79 Å². The lowest BCUT2D eigenvalue weighted by molar-refractivity contribution is -0.121. The summed E-state index contributed by atoms with van der Waals surface area (Å²) in [5.74, 6) is 1.44. The molecule has 0 aliphatic heterocycles. The van der Waals surface area contributed by atoms with Crippen molar-refractivity contribution >= 4 is 17.4 Å². The third-order valence-corrected chi connectivity index (χ3v) is 2.66. The minimum Gasteiger partial charge on any atom is -0.300 e. The molecule has 0 aromatic rings. The molecule has 1 saturated carbocycles. The second-order valence-corrected chi connectivity index (χ2v) is 3.81. The predicted molar refractivity (Wildman–Crippen MR) is 51.4 cm³/mol. The van der Waals surface area contributed by atoms with Crippen LogP contribution in [-0.4, -0.2) is 11.7 Å². The van der Waals surface area contributed by atoms with E-state index in [1.54, 1.807) is 0 Å². The molecular formula is C10H15ClO. The van der Waals surface area contributed by atoms with E-state index in [4.69, 9.17) is 11.6 Å². The topological polar surface area (TPSA) is 17.1 Å². The van der Waals surface area contributed by atoms with E-state index in [-0.39, 0.29) is 0 Å². The summed E-state index contributed by atoms with van der Waals surface area (Å²) in [6, 6.07) is 0. The Morgan fingerprint density at radius 1 is 1.67 bits per heavy atom. The molecule has 1 fully saturated rings. The van der Waals surface area contributed by atoms with Crippen LogP contribution in [0.15, 0.2) is 12.2 Å². The Kier molecular flexibility index (Phi) is 3.80. The van der Waals surface area contributed by atoms with Crippen LogP contribution < -0.4 is 0 Å². The second kappa shape index (κ2) is 4.66. The molecule has 1 atom stereocenters. The Hall–Kier alpha value is -0.300. The van der Waals surface area contributed by atoms with E-state index in [1.165, 1.54) is 0 Å². The van der Waals surface area contributed by atoms with E-state index in [1.807, 2.05) is 0 Å². The molecule has 12 heavy (non-hydrogen) atoms. The van der Waals surface area contributed by atoms with Crippen molar-refractivity contribution in [3.05, 3.63) is 12.2 Å². The first-order chi connectivity index (χ1) is 5.74. The minimum atomic E-state index is 0.391. The lowest BCUT2D eigenvalue weighted by atomic mass is 9.83. The molecule has 0 heterocycles. The first-order valence-electron chi connectivity index (χ1n) is 4.49. The van der Waals surface area contributed by atoms with Crippen LogP contribution in [0.1, 0.15) is 32.1 Å². The van der Waals surface area contributed by atoms with E-state index in [9.17, 15) is 4.79 Å². The third-order valence-electron chi connectivity index (χ3n) is 2.48. The summed E-state index contributed by atoms with van der Waals surface area (Å²) in [6.07, 6.45) is 4.49. The van der Waals surface area contributed by atoms with E-state index < -0.39 is 0 Å². The van der Waals surface area contributed by atoms with E-state index in [0.717, 1.165) is 31.3 Å². The lowest BCUT2D eigenvalue weighted by Crippen LogP contribution is -2.16. The monoisotopic (exact) mass is 186 g/mol. The highest BCUT2D eigenvalue weighted by Gasteiger charge is 2.20. The summed E-state index contributed by atoms with van der Waals surface area (Å²) < 4.78 is 0. The molecule has 1 nitrogen and oxygen atoms in total. The fourth-order valence-corrected chi connectivity index (χ4v) is 1.94. The summed E-state index contributed by atoms with van der Waals surface area (Å²) in [6.45, 7) is 3.97. The van der Waals surface area contributed by atoms with Crippen LogP contribution in [0.4, 0.5) is 0 Å². The fraction of sp³-hybridized carbons (Fsp3) is 0.700. The molecule has 0 amide bonds. The van der Waals surface area contributed by atoms with Gasteiger partial charge in [0, 0.05) is 18.7 Å². The predicted octanol–water partition coefficient (Wildman–Crippen LogP) is 2.93. The zero-order valence-electron chi connectivity index (χ0n) is 7.31. The highest BCUT2D eigenvalue weighted by atomic mass is 35.5. The summed E-state index contributed by atoms with van der Waals surface area (Å²) in [5, 5.41) is 0. The number of hydrogen-bond donors (Lipinski definition) is 0. The zero-order valence-corrected chi connectivity index (χ0v) is 8.07. The van der Waals surface area contributed by atoms with Crippen LogP contribution in [-0.2, 0) is 4.79 Å². The fourth-order valence-electron chi connectivity index (χ4n) is 1.70. The van der Waals surface area contributed by atoms with Gasteiger partial charge in [0.05, 0.1) is 0 Å². The smallest absolute Gasteiger partial charge is 0.133 e. The van der Waals surface area contributed by atoms with Gasteiger partial charge in [0.25, 0.3) is 0 Å². The molecule has 0 aromatic heterocycles. The van der Waals surface area contributed by atoms with Gasteiger partial charge in [-0.05, 0) is 25.2 Å². The van der Waals surface area contributed by atoms with E-state index in [2.05, 4.69) is 6.58 Å². The molecule has 0 bridgehead atoms. The minimum absolute atomic E-state index is 0.391. The molecule has 0 saturated heterocycles. The molecule has 1 aliphatic rings. The molecule has 1 aliphatic carbocycles. The van der Waals surface area contributed by atoms with Gasteiger partial charge in [0.15, 0.2) is 0 Å². The quantitative estimate of drug-likeness (QED) is 0.489. The normalized spacial score (nSPS) is 24.1. The van der Waals surface area contributed by atoms with Gasteiger partial charge in [0.2, 0.25) is 0 Å². The number of carbonyl (C=O) groups is 1. The molecule has 0 aromatic carbocycles. The highest BCUT2D eigenvalue weighted by Crippen LogP contribution is 2.28. The Labute approximate surface area is 78.8 Å². The van der Waals surface area contributed by atoms with Gasteiger partial charge >= 0.3 is 0 Å². The second-order valence-electron chi connectivity index (χ2n) is 3.43. The summed E-state index contributed by atoms with van der Waals surface area (Å²) in [7, 11) is 0. The standard InChI is InChI=1S/C10H15ClO/c1-8(5-6-11)9-3-2-4-10(12)7-9/h9H,1-7H2. The van der Waals surface area contributed by atoms with Crippen molar-refractivity contribution in [2.75, 3.05) is 5.88 Å². The molecule has 68 valence electrons. The average Bonchev–Trinajstić information content (AvgIpc) is 2.05. The number of rotatable bonds is 3. The van der Waals surface area contributed by atoms with Gasteiger partial charge in [-0.25, -0.2) is 0 Å². The number of carbonyl (C=O) groups excluding carboxylic acids is 1. The number of Topliss-reactive ketones (excluding diaryl/α,β-unsaturated/α-hetero) is 1. The van der Waals surface area contributed by atoms with Gasteiger partial charge in [-0.2, -0.15) is 0 Å². The number of alkyl halides is 1. The molecule has 0 N–H and O–H groups in total. The first kappa shape index (κ1) is 9.79. The number of allylic oxidation sites excluding steroid dienone is 1. The summed E-state index contributed by atoms with van der Waals surface area (Å²) >= 11 is 5.61. The van der Waals surface area contributed by atoms with Crippen LogP contribution in [0.5, 0.6) is 0 Å². The molecule has 2 heteroatoms. The maximum atomic E-state index is 11.1. The molecule has 0 radical (unpaired) electrons. The molecular weight excluding hydrogens is 172 g/mol. The van der Waals surface area contributed by atoms with Gasteiger partial charge in [0.1, 0.15) is 5.78 Å². The Morgan fingerprint density at radius 3 is 3.00 bits per heavy atom. The number of ketones is 1. The van der Waals surface area contributed by atoms with E-state index in [0.29, 0.717) is 24.0 Å². The molecule has 1 rings (SSSR count). The van der Waals surface area contributed by atoms with Crippen molar-refractivity contribution < 1.29 is 4.79 Å². The maximum Gasteiger partial charge on any atom is 0.133 e. The Morgan fingerprint density at radius 2 is 2.42 bits per heavy atom. The van der Waals surface area contributed by atoms with E-state index >= 15 is 0 Å². The van der Waals surface area contributed by atoms with Crippen molar-refractivity contribution in [3.63, 3.8) is 0 Å². The van der Waals surface area contributed by atoms with Crippen molar-refractivity contribution in [3.8, 4) is 0 Å². The lowest BCUT2D eigenvalue weighted by Gasteiger charge is -2.22. The maximum absolute atomic E-state index is 11.1. The largest absolute Gasteiger partial charge is 0.300 e.